The lowest BCUT2D eigenvalue weighted by atomic mass is 9.87. The van der Waals surface area contributed by atoms with E-state index in [4.69, 9.17) is 0 Å². The van der Waals surface area contributed by atoms with Crippen LogP contribution in [-0.2, 0) is 6.54 Å². The van der Waals surface area contributed by atoms with Gasteiger partial charge in [0, 0.05) is 24.9 Å². The molecule has 0 bridgehead atoms. The number of hydrogen-bond donors (Lipinski definition) is 0. The minimum absolute atomic E-state index is 0.593. The number of benzene rings is 1. The van der Waals surface area contributed by atoms with E-state index in [9.17, 15) is 0 Å². The highest BCUT2D eigenvalue weighted by atomic mass is 15.0. The van der Waals surface area contributed by atoms with E-state index in [0.29, 0.717) is 5.92 Å². The van der Waals surface area contributed by atoms with Crippen molar-refractivity contribution >= 4 is 0 Å². The highest BCUT2D eigenvalue weighted by molar-refractivity contribution is 5.36. The van der Waals surface area contributed by atoms with Crippen LogP contribution in [0.4, 0.5) is 0 Å². The summed E-state index contributed by atoms with van der Waals surface area (Å²) in [4.78, 5) is 4.16. The Morgan fingerprint density at radius 2 is 1.95 bits per heavy atom. The largest absolute Gasteiger partial charge is 0.337 e. The van der Waals surface area contributed by atoms with Gasteiger partial charge in [-0.15, -0.1) is 0 Å². The Labute approximate surface area is 116 Å². The molecule has 0 amide bonds. The Morgan fingerprint density at radius 1 is 1.21 bits per heavy atom. The van der Waals surface area contributed by atoms with Gasteiger partial charge in [-0.05, 0) is 37.0 Å². The van der Waals surface area contributed by atoms with E-state index < -0.39 is 0 Å². The number of unbranched alkanes of at least 4 members (excludes halogenated alkanes) is 1. The molecule has 1 heterocycles. The molecule has 0 aliphatic heterocycles. The SMILES string of the molecule is CCCCC(Cn1ccnc1)c1c(C)cccc1C. The molecule has 0 aliphatic rings. The smallest absolute Gasteiger partial charge is 0.0946 e. The summed E-state index contributed by atoms with van der Waals surface area (Å²) in [5.74, 6) is 0.593. The Bertz CT molecular complexity index is 480. The lowest BCUT2D eigenvalue weighted by Gasteiger charge is -2.22. The predicted octanol–water partition coefficient (Wildman–Crippen LogP) is 4.47. The van der Waals surface area contributed by atoms with Crippen LogP contribution in [0.5, 0.6) is 0 Å². The zero-order valence-corrected chi connectivity index (χ0v) is 12.3. The predicted molar refractivity (Wildman–Crippen MR) is 80.4 cm³/mol. The van der Waals surface area contributed by atoms with Crippen LogP contribution in [0.15, 0.2) is 36.9 Å². The van der Waals surface area contributed by atoms with Crippen molar-refractivity contribution in [2.75, 3.05) is 0 Å². The average Bonchev–Trinajstić information content (AvgIpc) is 2.88. The molecule has 2 heteroatoms. The molecule has 19 heavy (non-hydrogen) atoms. The zero-order valence-electron chi connectivity index (χ0n) is 12.3. The molecule has 1 aromatic heterocycles. The second-order valence-corrected chi connectivity index (χ2v) is 5.40. The molecule has 0 saturated carbocycles. The van der Waals surface area contributed by atoms with Crippen molar-refractivity contribution in [3.8, 4) is 0 Å². The summed E-state index contributed by atoms with van der Waals surface area (Å²) in [6, 6.07) is 6.62. The van der Waals surface area contributed by atoms with Gasteiger partial charge in [0.2, 0.25) is 0 Å². The number of imidazole rings is 1. The Balaban J connectivity index is 2.26. The van der Waals surface area contributed by atoms with Gasteiger partial charge >= 0.3 is 0 Å². The molecule has 0 spiro atoms. The van der Waals surface area contributed by atoms with Crippen molar-refractivity contribution in [2.45, 2.75) is 52.5 Å². The average molecular weight is 256 g/mol. The van der Waals surface area contributed by atoms with Gasteiger partial charge in [-0.3, -0.25) is 0 Å². The van der Waals surface area contributed by atoms with Crippen molar-refractivity contribution in [1.82, 2.24) is 9.55 Å². The fourth-order valence-electron chi connectivity index (χ4n) is 2.90. The van der Waals surface area contributed by atoms with Crippen molar-refractivity contribution in [1.29, 1.82) is 0 Å². The second kappa shape index (κ2) is 6.55. The fraction of sp³-hybridized carbons (Fsp3) is 0.471. The molecule has 1 atom stereocenters. The first-order valence-electron chi connectivity index (χ1n) is 7.24. The second-order valence-electron chi connectivity index (χ2n) is 5.40. The summed E-state index contributed by atoms with van der Waals surface area (Å²) < 4.78 is 2.20. The van der Waals surface area contributed by atoms with E-state index in [2.05, 4.69) is 54.7 Å². The number of aromatic nitrogens is 2. The van der Waals surface area contributed by atoms with Crippen molar-refractivity contribution in [3.63, 3.8) is 0 Å². The first-order valence-corrected chi connectivity index (χ1v) is 7.24. The summed E-state index contributed by atoms with van der Waals surface area (Å²) in [7, 11) is 0. The van der Waals surface area contributed by atoms with Crippen LogP contribution >= 0.6 is 0 Å². The lowest BCUT2D eigenvalue weighted by Crippen LogP contribution is -2.11. The summed E-state index contributed by atoms with van der Waals surface area (Å²) in [5, 5.41) is 0. The molecule has 1 aromatic carbocycles. The molecule has 102 valence electrons. The molecule has 0 N–H and O–H groups in total. The van der Waals surface area contributed by atoms with Gasteiger partial charge in [0.15, 0.2) is 0 Å². The van der Waals surface area contributed by atoms with E-state index in [1.54, 1.807) is 0 Å². The maximum absolute atomic E-state index is 4.16. The minimum atomic E-state index is 0.593. The number of aryl methyl sites for hydroxylation is 2. The van der Waals surface area contributed by atoms with E-state index in [1.165, 1.54) is 36.0 Å². The van der Waals surface area contributed by atoms with Gasteiger partial charge in [-0.2, -0.15) is 0 Å². The number of nitrogens with zero attached hydrogens (tertiary/aromatic N) is 2. The molecular weight excluding hydrogens is 232 g/mol. The van der Waals surface area contributed by atoms with Crippen LogP contribution in [0, 0.1) is 13.8 Å². The van der Waals surface area contributed by atoms with E-state index in [-0.39, 0.29) is 0 Å². The zero-order chi connectivity index (χ0) is 13.7. The first-order chi connectivity index (χ1) is 9.22. The van der Waals surface area contributed by atoms with Crippen LogP contribution in [0.2, 0.25) is 0 Å². The molecule has 0 fully saturated rings. The van der Waals surface area contributed by atoms with Crippen LogP contribution in [-0.4, -0.2) is 9.55 Å². The third kappa shape index (κ3) is 3.46. The highest BCUT2D eigenvalue weighted by Gasteiger charge is 2.16. The normalized spacial score (nSPS) is 12.6. The topological polar surface area (TPSA) is 17.8 Å². The van der Waals surface area contributed by atoms with E-state index in [0.717, 1.165) is 6.54 Å². The molecular formula is C17H24N2. The van der Waals surface area contributed by atoms with E-state index >= 15 is 0 Å². The Morgan fingerprint density at radius 3 is 2.53 bits per heavy atom. The van der Waals surface area contributed by atoms with Gasteiger partial charge < -0.3 is 4.57 Å². The standard InChI is InChI=1S/C17H24N2/c1-4-5-9-16(12-19-11-10-18-13-19)17-14(2)7-6-8-15(17)3/h6-8,10-11,13,16H,4-5,9,12H2,1-3H3. The molecule has 2 nitrogen and oxygen atoms in total. The molecule has 2 aromatic rings. The third-order valence-electron chi connectivity index (χ3n) is 3.85. The number of rotatable bonds is 6. The highest BCUT2D eigenvalue weighted by Crippen LogP contribution is 2.29. The van der Waals surface area contributed by atoms with Crippen molar-refractivity contribution in [3.05, 3.63) is 53.6 Å². The molecule has 2 rings (SSSR count). The van der Waals surface area contributed by atoms with Crippen molar-refractivity contribution in [2.24, 2.45) is 0 Å². The van der Waals surface area contributed by atoms with Crippen LogP contribution in [0.3, 0.4) is 0 Å². The Kier molecular flexibility index (Phi) is 4.78. The van der Waals surface area contributed by atoms with E-state index in [1.807, 2.05) is 12.5 Å². The van der Waals surface area contributed by atoms with Gasteiger partial charge in [-0.1, -0.05) is 38.0 Å². The molecule has 0 radical (unpaired) electrons. The van der Waals surface area contributed by atoms with Gasteiger partial charge in [0.25, 0.3) is 0 Å². The summed E-state index contributed by atoms with van der Waals surface area (Å²) in [5.41, 5.74) is 4.37. The van der Waals surface area contributed by atoms with Gasteiger partial charge in [-0.25, -0.2) is 4.98 Å². The quantitative estimate of drug-likeness (QED) is 0.745. The van der Waals surface area contributed by atoms with Gasteiger partial charge in [0.05, 0.1) is 6.33 Å². The van der Waals surface area contributed by atoms with Crippen LogP contribution < -0.4 is 0 Å². The molecule has 0 aliphatic carbocycles. The Hall–Kier alpha value is -1.57. The third-order valence-corrected chi connectivity index (χ3v) is 3.85. The monoisotopic (exact) mass is 256 g/mol. The number of hydrogen-bond acceptors (Lipinski definition) is 1. The molecule has 1 unspecified atom stereocenters. The fourth-order valence-corrected chi connectivity index (χ4v) is 2.90. The summed E-state index contributed by atoms with van der Waals surface area (Å²) >= 11 is 0. The summed E-state index contributed by atoms with van der Waals surface area (Å²) in [6.45, 7) is 7.76. The minimum Gasteiger partial charge on any atom is -0.337 e. The lowest BCUT2D eigenvalue weighted by molar-refractivity contribution is 0.501. The van der Waals surface area contributed by atoms with Crippen LogP contribution in [0.1, 0.15) is 48.8 Å². The first kappa shape index (κ1) is 13.9. The van der Waals surface area contributed by atoms with Crippen molar-refractivity contribution < 1.29 is 0 Å². The molecule has 0 saturated heterocycles. The maximum atomic E-state index is 4.16. The summed E-state index contributed by atoms with van der Waals surface area (Å²) in [6.07, 6.45) is 9.64. The van der Waals surface area contributed by atoms with Gasteiger partial charge in [0.1, 0.15) is 0 Å². The maximum Gasteiger partial charge on any atom is 0.0946 e. The van der Waals surface area contributed by atoms with Crippen LogP contribution in [0.25, 0.3) is 0 Å².